The lowest BCUT2D eigenvalue weighted by Crippen LogP contribution is -2.32. The van der Waals surface area contributed by atoms with Gasteiger partial charge in [0, 0.05) is 42.2 Å². The second-order valence-corrected chi connectivity index (χ2v) is 18.4. The first-order chi connectivity index (χ1) is 28.8. The normalized spacial score (nSPS) is 21.7. The summed E-state index contributed by atoms with van der Waals surface area (Å²) < 4.78 is 1.87. The van der Waals surface area contributed by atoms with E-state index >= 15 is 0 Å². The van der Waals surface area contributed by atoms with Crippen LogP contribution in [0.2, 0.25) is 10.0 Å². The zero-order valence-corrected chi connectivity index (χ0v) is 36.3. The Bertz CT molecular complexity index is 2580. The summed E-state index contributed by atoms with van der Waals surface area (Å²) in [6, 6.07) is 40.8. The van der Waals surface area contributed by atoms with Gasteiger partial charge in [-0.3, -0.25) is 9.59 Å². The lowest BCUT2D eigenvalue weighted by molar-refractivity contribution is -0.121. The third-order valence-corrected chi connectivity index (χ3v) is 13.7. The first kappa shape index (κ1) is 40.2. The first-order valence-corrected chi connectivity index (χ1v) is 21.5. The molecule has 6 aromatic carbocycles. The van der Waals surface area contributed by atoms with E-state index in [1.54, 1.807) is 46.2 Å². The molecule has 2 heterocycles. The third kappa shape index (κ3) is 6.93. The molecule has 10 rings (SSSR count). The highest BCUT2D eigenvalue weighted by molar-refractivity contribution is 9.10. The second-order valence-electron chi connectivity index (χ2n) is 15.7. The molecule has 4 aliphatic rings. The second kappa shape index (κ2) is 15.3. The van der Waals surface area contributed by atoms with Crippen molar-refractivity contribution in [3.63, 3.8) is 0 Å². The van der Waals surface area contributed by atoms with Crippen molar-refractivity contribution >= 4 is 90.2 Å². The van der Waals surface area contributed by atoms with Gasteiger partial charge in [0.1, 0.15) is 0 Å². The number of carbonyl (C=O) groups excluding carboxylic acids is 2. The van der Waals surface area contributed by atoms with E-state index in [-0.39, 0.29) is 34.8 Å². The van der Waals surface area contributed by atoms with Gasteiger partial charge in [-0.1, -0.05) is 104 Å². The average molecular weight is 966 g/mol. The van der Waals surface area contributed by atoms with E-state index < -0.39 is 22.8 Å². The molecule has 2 aliphatic carbocycles. The number of halogens is 4. The number of anilines is 2. The summed E-state index contributed by atoms with van der Waals surface area (Å²) in [6.45, 7) is 0.674. The highest BCUT2D eigenvalue weighted by Crippen LogP contribution is 2.68. The third-order valence-electron chi connectivity index (χ3n) is 12.2. The summed E-state index contributed by atoms with van der Waals surface area (Å²) in [5, 5.41) is 19.9. The first-order valence-electron chi connectivity index (χ1n) is 19.2. The van der Waals surface area contributed by atoms with Gasteiger partial charge in [0.25, 0.3) is 0 Å². The van der Waals surface area contributed by atoms with Gasteiger partial charge in [0.2, 0.25) is 11.8 Å². The summed E-state index contributed by atoms with van der Waals surface area (Å²) in [4.78, 5) is 53.6. The number of hydrogen-bond acceptors (Lipinski definition) is 4. The van der Waals surface area contributed by atoms with Gasteiger partial charge >= 0.3 is 11.9 Å². The van der Waals surface area contributed by atoms with Crippen LogP contribution in [0, 0.1) is 0 Å². The minimum absolute atomic E-state index is 0.0660. The topological polar surface area (TPSA) is 115 Å². The van der Waals surface area contributed by atoms with Gasteiger partial charge in [-0.25, -0.2) is 9.59 Å². The van der Waals surface area contributed by atoms with Crippen LogP contribution in [-0.2, 0) is 33.5 Å². The van der Waals surface area contributed by atoms with Crippen molar-refractivity contribution in [3.8, 4) is 0 Å². The molecule has 2 fully saturated rings. The van der Waals surface area contributed by atoms with Crippen molar-refractivity contribution in [2.45, 2.75) is 48.6 Å². The molecule has 12 heteroatoms. The molecule has 0 aromatic heterocycles. The molecule has 0 radical (unpaired) electrons. The fourth-order valence-corrected chi connectivity index (χ4v) is 10.2. The van der Waals surface area contributed by atoms with E-state index in [1.807, 2.05) is 97.1 Å². The van der Waals surface area contributed by atoms with Crippen molar-refractivity contribution in [1.29, 1.82) is 0 Å². The van der Waals surface area contributed by atoms with E-state index in [9.17, 15) is 29.4 Å². The molecule has 0 saturated heterocycles. The summed E-state index contributed by atoms with van der Waals surface area (Å²) in [7, 11) is 0. The van der Waals surface area contributed by atoms with E-state index in [1.165, 1.54) is 0 Å². The Morgan fingerprint density at radius 2 is 0.950 bits per heavy atom. The van der Waals surface area contributed by atoms with Crippen LogP contribution in [0.15, 0.2) is 142 Å². The molecule has 2 amide bonds. The number of nitrogens with zero attached hydrogens (tertiary/aromatic N) is 2. The van der Waals surface area contributed by atoms with Gasteiger partial charge in [0.05, 0.1) is 35.0 Å². The molecule has 6 aromatic rings. The number of hydrogen-bond donors (Lipinski definition) is 2. The predicted molar refractivity (Wildman–Crippen MR) is 238 cm³/mol. The van der Waals surface area contributed by atoms with Crippen LogP contribution in [0.3, 0.4) is 0 Å². The number of carboxylic acids is 2. The molecule has 2 aliphatic heterocycles. The van der Waals surface area contributed by atoms with Crippen molar-refractivity contribution in [2.24, 2.45) is 0 Å². The number of fused-ring (bicyclic) bond motifs is 4. The SMILES string of the molecule is O=C(O)c1cccc(CN2C(=O)[C@@]3(C[C@@H]3c3ccc(Cl)cc3)c3cc(Br)ccc32)c1.O=C(O)c1cccc(CN2C(=O)[C@]3(C[C@H]3c3ccc(Cl)cc3)c3cc(Br)ccc32)c1. The van der Waals surface area contributed by atoms with E-state index in [0.29, 0.717) is 23.1 Å². The molecule has 300 valence electrons. The molecule has 60 heavy (non-hydrogen) atoms. The molecule has 4 atom stereocenters. The fourth-order valence-electron chi connectivity index (χ4n) is 9.21. The summed E-state index contributed by atoms with van der Waals surface area (Å²) in [6.07, 6.45) is 1.51. The maximum atomic E-state index is 13.7. The van der Waals surface area contributed by atoms with Crippen LogP contribution in [0.1, 0.15) is 78.8 Å². The quantitative estimate of drug-likeness (QED) is 0.157. The highest BCUT2D eigenvalue weighted by atomic mass is 79.9. The van der Waals surface area contributed by atoms with Crippen LogP contribution in [0.25, 0.3) is 0 Å². The van der Waals surface area contributed by atoms with Crippen molar-refractivity contribution < 1.29 is 29.4 Å². The van der Waals surface area contributed by atoms with Gasteiger partial charge < -0.3 is 20.0 Å². The number of carboxylic acid groups (broad SMARTS) is 2. The summed E-state index contributed by atoms with van der Waals surface area (Å²) in [5.41, 5.74) is 6.91. The average Bonchev–Trinajstić information content (AvgIpc) is 4.15. The monoisotopic (exact) mass is 962 g/mol. The van der Waals surface area contributed by atoms with Gasteiger partial charge in [0.15, 0.2) is 0 Å². The molecular formula is C48H34Br2Cl2N2O6. The summed E-state index contributed by atoms with van der Waals surface area (Å²) in [5.74, 6) is -1.62. The molecule has 2 N–H and O–H groups in total. The predicted octanol–water partition coefficient (Wildman–Crippen LogP) is 11.5. The Balaban J connectivity index is 0.000000154. The Labute approximate surface area is 372 Å². The minimum atomic E-state index is -0.976. The largest absolute Gasteiger partial charge is 0.478 e. The smallest absolute Gasteiger partial charge is 0.335 e. The van der Waals surface area contributed by atoms with E-state index in [2.05, 4.69) is 31.9 Å². The Kier molecular flexibility index (Phi) is 10.3. The molecule has 0 bridgehead atoms. The summed E-state index contributed by atoms with van der Waals surface area (Å²) >= 11 is 19.2. The molecular weight excluding hydrogens is 931 g/mol. The molecule has 2 spiro atoms. The molecule has 0 unspecified atom stereocenters. The lowest BCUT2D eigenvalue weighted by atomic mass is 9.92. The zero-order chi connectivity index (χ0) is 42.1. The lowest BCUT2D eigenvalue weighted by Gasteiger charge is -2.19. The van der Waals surface area contributed by atoms with E-state index in [0.717, 1.165) is 66.5 Å². The van der Waals surface area contributed by atoms with Crippen molar-refractivity contribution in [3.05, 3.63) is 197 Å². The van der Waals surface area contributed by atoms with Gasteiger partial charge in [-0.15, -0.1) is 0 Å². The standard InChI is InChI=1S/2C24H17BrClNO3/c2*25-17-6-9-21-19(11-17)24(12-20(24)15-4-7-18(26)8-5-15)23(30)27(21)13-14-2-1-3-16(10-14)22(28)29/h2*1-11,20H,12-13H2,(H,28,29)/t2*20-,24+/m10/s1. The van der Waals surface area contributed by atoms with E-state index in [4.69, 9.17) is 23.2 Å². The van der Waals surface area contributed by atoms with Gasteiger partial charge in [-0.05, 0) is 131 Å². The Morgan fingerprint density at radius 1 is 0.567 bits per heavy atom. The Hall–Kier alpha value is -5.26. The number of rotatable bonds is 8. The molecule has 8 nitrogen and oxygen atoms in total. The van der Waals surface area contributed by atoms with Crippen LogP contribution in [0.5, 0.6) is 0 Å². The van der Waals surface area contributed by atoms with Crippen LogP contribution < -0.4 is 9.80 Å². The Morgan fingerprint density at radius 3 is 1.32 bits per heavy atom. The minimum Gasteiger partial charge on any atom is -0.478 e. The molecule has 2 saturated carbocycles. The maximum absolute atomic E-state index is 13.7. The number of aromatic carboxylic acids is 2. The van der Waals surface area contributed by atoms with Crippen LogP contribution in [-0.4, -0.2) is 34.0 Å². The van der Waals surface area contributed by atoms with Crippen LogP contribution in [0.4, 0.5) is 11.4 Å². The van der Waals surface area contributed by atoms with Crippen molar-refractivity contribution in [1.82, 2.24) is 0 Å². The fraction of sp³-hybridized carbons (Fsp3) is 0.167. The van der Waals surface area contributed by atoms with Crippen LogP contribution >= 0.6 is 55.1 Å². The van der Waals surface area contributed by atoms with Crippen molar-refractivity contribution in [2.75, 3.05) is 9.80 Å². The zero-order valence-electron chi connectivity index (χ0n) is 31.6. The van der Waals surface area contributed by atoms with Gasteiger partial charge in [-0.2, -0.15) is 0 Å². The maximum Gasteiger partial charge on any atom is 0.335 e. The number of amides is 2. The number of carbonyl (C=O) groups is 4. The number of benzene rings is 6. The highest BCUT2D eigenvalue weighted by Gasteiger charge is 2.68.